The summed E-state index contributed by atoms with van der Waals surface area (Å²) in [4.78, 5) is 28.5. The molecule has 25 heavy (non-hydrogen) atoms. The molecule has 0 fully saturated rings. The number of aromatic hydroxyl groups is 1. The lowest BCUT2D eigenvalue weighted by molar-refractivity contribution is -0.120. The van der Waals surface area contributed by atoms with Crippen molar-refractivity contribution in [2.45, 2.75) is 19.9 Å². The molecule has 0 radical (unpaired) electrons. The lowest BCUT2D eigenvalue weighted by atomic mass is 10.0. The van der Waals surface area contributed by atoms with Crippen LogP contribution in [0.2, 0.25) is 0 Å². The van der Waals surface area contributed by atoms with Crippen LogP contribution in [0.5, 0.6) is 11.5 Å². The van der Waals surface area contributed by atoms with E-state index in [2.05, 4.69) is 15.6 Å². The van der Waals surface area contributed by atoms with Crippen LogP contribution in [0.25, 0.3) is 0 Å². The molecule has 3 N–H and O–H groups in total. The molecule has 1 aromatic heterocycles. The summed E-state index contributed by atoms with van der Waals surface area (Å²) in [7, 11) is 1.53. The van der Waals surface area contributed by atoms with Crippen LogP contribution in [0.4, 0.5) is 5.82 Å². The van der Waals surface area contributed by atoms with Crippen LogP contribution in [0.1, 0.15) is 24.2 Å². The van der Waals surface area contributed by atoms with Crippen LogP contribution in [0.3, 0.4) is 0 Å². The summed E-state index contributed by atoms with van der Waals surface area (Å²) in [5.74, 6) is -0.631. The number of ether oxygens (including phenoxy) is 1. The fourth-order valence-electron chi connectivity index (χ4n) is 2.13. The average Bonchev–Trinajstić information content (AvgIpc) is 2.62. The minimum atomic E-state index is -0.532. The second kappa shape index (κ2) is 8.14. The Balaban J connectivity index is 1.99. The maximum atomic E-state index is 12.3. The van der Waals surface area contributed by atoms with E-state index in [0.29, 0.717) is 11.3 Å². The Morgan fingerprint density at radius 1 is 1.20 bits per heavy atom. The molecule has 0 aliphatic rings. The van der Waals surface area contributed by atoms with Crippen LogP contribution in [0.15, 0.2) is 42.6 Å². The standard InChI is InChI=1S/C18H21N3O4/c1-11(17(23)21-16-15(22)8-5-9-19-16)12(2)20-18(24)13-6-4-7-14(10-13)25-3/h4-12,22H,1-3H3,(H,20,24)(H,19,21,23)/t11-,12+/m1/s1. The number of carbonyl (C=O) groups excluding carboxylic acids is 2. The number of pyridine rings is 1. The second-order valence-electron chi connectivity index (χ2n) is 5.64. The SMILES string of the molecule is COc1cccc(C(=O)N[C@@H](C)[C@@H](C)C(=O)Nc2ncccc2O)c1. The van der Waals surface area contributed by atoms with Crippen molar-refractivity contribution in [2.24, 2.45) is 5.92 Å². The largest absolute Gasteiger partial charge is 0.504 e. The number of rotatable bonds is 6. The van der Waals surface area contributed by atoms with Crippen molar-refractivity contribution in [1.82, 2.24) is 10.3 Å². The van der Waals surface area contributed by atoms with Gasteiger partial charge in [0.25, 0.3) is 5.91 Å². The highest BCUT2D eigenvalue weighted by molar-refractivity contribution is 5.96. The first-order valence-corrected chi connectivity index (χ1v) is 7.82. The summed E-state index contributed by atoms with van der Waals surface area (Å²) in [6.45, 7) is 3.42. The van der Waals surface area contributed by atoms with Crippen molar-refractivity contribution in [3.8, 4) is 11.5 Å². The molecule has 2 atom stereocenters. The predicted molar refractivity (Wildman–Crippen MR) is 93.6 cm³/mol. The van der Waals surface area contributed by atoms with Gasteiger partial charge >= 0.3 is 0 Å². The minimum absolute atomic E-state index is 0.0886. The Morgan fingerprint density at radius 2 is 1.96 bits per heavy atom. The molecule has 0 unspecified atom stereocenters. The van der Waals surface area contributed by atoms with Gasteiger partial charge < -0.3 is 20.5 Å². The molecule has 2 aromatic rings. The maximum Gasteiger partial charge on any atom is 0.251 e. The fraction of sp³-hybridized carbons (Fsp3) is 0.278. The summed E-state index contributed by atoms with van der Waals surface area (Å²) in [6, 6.07) is 9.32. The number of hydrogen-bond donors (Lipinski definition) is 3. The number of hydrogen-bond acceptors (Lipinski definition) is 5. The maximum absolute atomic E-state index is 12.3. The van der Waals surface area contributed by atoms with Crippen LogP contribution in [0, 0.1) is 5.92 Å². The van der Waals surface area contributed by atoms with Crippen molar-refractivity contribution in [1.29, 1.82) is 0 Å². The number of nitrogens with zero attached hydrogens (tertiary/aromatic N) is 1. The molecule has 0 saturated heterocycles. The number of nitrogens with one attached hydrogen (secondary N) is 2. The van der Waals surface area contributed by atoms with Gasteiger partial charge in [0, 0.05) is 17.8 Å². The minimum Gasteiger partial charge on any atom is -0.504 e. The van der Waals surface area contributed by atoms with Gasteiger partial charge in [-0.25, -0.2) is 4.98 Å². The third-order valence-electron chi connectivity index (χ3n) is 3.88. The molecule has 0 spiro atoms. The smallest absolute Gasteiger partial charge is 0.251 e. The van der Waals surface area contributed by atoms with Crippen molar-refractivity contribution >= 4 is 17.6 Å². The molecule has 0 aliphatic carbocycles. The van der Waals surface area contributed by atoms with Crippen LogP contribution in [-0.4, -0.2) is 35.1 Å². The average molecular weight is 343 g/mol. The number of amides is 2. The van der Waals surface area contributed by atoms with E-state index in [1.807, 2.05) is 0 Å². The van der Waals surface area contributed by atoms with Gasteiger partial charge in [0.1, 0.15) is 5.75 Å². The number of methoxy groups -OCH3 is 1. The van der Waals surface area contributed by atoms with Gasteiger partial charge in [-0.15, -0.1) is 0 Å². The van der Waals surface area contributed by atoms with E-state index in [0.717, 1.165) is 0 Å². The van der Waals surface area contributed by atoms with Crippen LogP contribution in [-0.2, 0) is 4.79 Å². The third kappa shape index (κ3) is 4.69. The molecule has 7 heteroatoms. The quantitative estimate of drug-likeness (QED) is 0.746. The van der Waals surface area contributed by atoms with Crippen molar-refractivity contribution < 1.29 is 19.4 Å². The van der Waals surface area contributed by atoms with Crippen molar-refractivity contribution in [2.75, 3.05) is 12.4 Å². The normalized spacial score (nSPS) is 12.8. The van der Waals surface area contributed by atoms with Gasteiger partial charge in [-0.2, -0.15) is 0 Å². The highest BCUT2D eigenvalue weighted by Crippen LogP contribution is 2.19. The molecule has 0 saturated carbocycles. The summed E-state index contributed by atoms with van der Waals surface area (Å²) < 4.78 is 5.10. The second-order valence-corrected chi connectivity index (χ2v) is 5.64. The molecule has 2 amide bonds. The monoisotopic (exact) mass is 343 g/mol. The lowest BCUT2D eigenvalue weighted by Gasteiger charge is -2.21. The first-order chi connectivity index (χ1) is 11.9. The van der Waals surface area contributed by atoms with E-state index in [9.17, 15) is 14.7 Å². The van der Waals surface area contributed by atoms with E-state index in [-0.39, 0.29) is 23.4 Å². The molecule has 2 rings (SSSR count). The zero-order valence-corrected chi connectivity index (χ0v) is 14.3. The lowest BCUT2D eigenvalue weighted by Crippen LogP contribution is -2.42. The van der Waals surface area contributed by atoms with Gasteiger partial charge in [0.15, 0.2) is 11.6 Å². The zero-order valence-electron chi connectivity index (χ0n) is 14.3. The molecule has 0 bridgehead atoms. The summed E-state index contributed by atoms with van der Waals surface area (Å²) in [5.41, 5.74) is 0.446. The molecule has 7 nitrogen and oxygen atoms in total. The van der Waals surface area contributed by atoms with E-state index < -0.39 is 12.0 Å². The topological polar surface area (TPSA) is 101 Å². The molecular formula is C18H21N3O4. The van der Waals surface area contributed by atoms with E-state index in [1.165, 1.54) is 19.4 Å². The van der Waals surface area contributed by atoms with Crippen LogP contribution < -0.4 is 15.4 Å². The molecule has 1 aromatic carbocycles. The summed E-state index contributed by atoms with van der Waals surface area (Å²) in [6.07, 6.45) is 1.47. The van der Waals surface area contributed by atoms with Crippen LogP contribution >= 0.6 is 0 Å². The van der Waals surface area contributed by atoms with Crippen molar-refractivity contribution in [3.05, 3.63) is 48.2 Å². The first-order valence-electron chi connectivity index (χ1n) is 7.82. The van der Waals surface area contributed by atoms with Gasteiger partial charge in [-0.1, -0.05) is 13.0 Å². The van der Waals surface area contributed by atoms with Gasteiger partial charge in [-0.3, -0.25) is 9.59 Å². The Morgan fingerprint density at radius 3 is 2.64 bits per heavy atom. The number of carbonyl (C=O) groups is 2. The van der Waals surface area contributed by atoms with E-state index in [4.69, 9.17) is 4.74 Å². The summed E-state index contributed by atoms with van der Waals surface area (Å²) in [5, 5.41) is 15.0. The van der Waals surface area contributed by atoms with Gasteiger partial charge in [0.2, 0.25) is 5.91 Å². The Kier molecular flexibility index (Phi) is 5.94. The first kappa shape index (κ1) is 18.3. The highest BCUT2D eigenvalue weighted by Gasteiger charge is 2.23. The Labute approximate surface area is 146 Å². The van der Waals surface area contributed by atoms with E-state index >= 15 is 0 Å². The van der Waals surface area contributed by atoms with Gasteiger partial charge in [-0.05, 0) is 37.3 Å². The Bertz CT molecular complexity index is 763. The predicted octanol–water partition coefficient (Wildman–Crippen LogP) is 2.19. The number of benzene rings is 1. The Hall–Kier alpha value is -3.09. The number of aromatic nitrogens is 1. The highest BCUT2D eigenvalue weighted by atomic mass is 16.5. The zero-order chi connectivity index (χ0) is 18.4. The van der Waals surface area contributed by atoms with Gasteiger partial charge in [0.05, 0.1) is 13.0 Å². The molecule has 132 valence electrons. The fourth-order valence-corrected chi connectivity index (χ4v) is 2.13. The third-order valence-corrected chi connectivity index (χ3v) is 3.88. The number of anilines is 1. The molecule has 0 aliphatic heterocycles. The van der Waals surface area contributed by atoms with E-state index in [1.54, 1.807) is 44.2 Å². The molecule has 1 heterocycles. The summed E-state index contributed by atoms with van der Waals surface area (Å²) >= 11 is 0. The van der Waals surface area contributed by atoms with Crippen molar-refractivity contribution in [3.63, 3.8) is 0 Å². The molecular weight excluding hydrogens is 322 g/mol.